The van der Waals surface area contributed by atoms with Crippen LogP contribution in [0.3, 0.4) is 0 Å². The first-order valence-electron chi connectivity index (χ1n) is 24.3. The van der Waals surface area contributed by atoms with Gasteiger partial charge in [-0.05, 0) is 157 Å². The molecule has 70 heavy (non-hydrogen) atoms. The summed E-state index contributed by atoms with van der Waals surface area (Å²) in [7, 11) is 0. The van der Waals surface area contributed by atoms with Crippen molar-refractivity contribution in [2.75, 3.05) is 0 Å². The molecule has 0 spiro atoms. The lowest BCUT2D eigenvalue weighted by Crippen LogP contribution is -2.15. The number of hydrogen-bond donors (Lipinski definition) is 0. The van der Waals surface area contributed by atoms with Gasteiger partial charge in [0.2, 0.25) is 0 Å². The molecule has 11 aromatic carbocycles. The molecule has 0 radical (unpaired) electrons. The van der Waals surface area contributed by atoms with Crippen molar-refractivity contribution in [2.24, 2.45) is 0 Å². The molecule has 0 unspecified atom stereocenters. The summed E-state index contributed by atoms with van der Waals surface area (Å²) >= 11 is 0. The van der Waals surface area contributed by atoms with Gasteiger partial charge in [-0.1, -0.05) is 153 Å². The van der Waals surface area contributed by atoms with E-state index in [1.807, 2.05) is 0 Å². The Hall–Kier alpha value is -8.92. The van der Waals surface area contributed by atoms with Gasteiger partial charge in [-0.25, -0.2) is 0 Å². The van der Waals surface area contributed by atoms with Crippen LogP contribution in [0.5, 0.6) is 0 Å². The van der Waals surface area contributed by atoms with Crippen molar-refractivity contribution in [1.29, 1.82) is 0 Å². The third-order valence-corrected chi connectivity index (χ3v) is 15.5. The Morgan fingerprint density at radius 3 is 1.61 bits per heavy atom. The van der Waals surface area contributed by atoms with Crippen LogP contribution in [0, 0.1) is 0 Å². The molecule has 0 aliphatic heterocycles. The summed E-state index contributed by atoms with van der Waals surface area (Å²) in [4.78, 5) is 0. The highest BCUT2D eigenvalue weighted by Crippen LogP contribution is 2.55. The second-order valence-electron chi connectivity index (χ2n) is 19.6. The van der Waals surface area contributed by atoms with E-state index in [4.69, 9.17) is 4.42 Å². The number of furan rings is 1. The topological polar surface area (TPSA) is 23.0 Å². The Morgan fingerprint density at radius 2 is 0.871 bits per heavy atom. The highest BCUT2D eigenvalue weighted by Gasteiger charge is 2.38. The van der Waals surface area contributed by atoms with Crippen molar-refractivity contribution < 1.29 is 4.42 Å². The van der Waals surface area contributed by atoms with E-state index in [1.165, 1.54) is 98.9 Å². The monoisotopic (exact) mass is 892 g/mol. The number of para-hydroxylation sites is 3. The number of rotatable bonds is 5. The summed E-state index contributed by atoms with van der Waals surface area (Å²) in [6.45, 7) is 4.81. The first kappa shape index (κ1) is 39.1. The molecule has 15 rings (SSSR count). The summed E-state index contributed by atoms with van der Waals surface area (Å²) in [5.74, 6) is 0. The summed E-state index contributed by atoms with van der Waals surface area (Å²) in [6, 6.07) is 84.7. The first-order chi connectivity index (χ1) is 34.5. The second kappa shape index (κ2) is 14.5. The molecular weight excluding hydrogens is 849 g/mol. The molecule has 0 N–H and O–H groups in total. The molecule has 328 valence electrons. The standard InChI is InChI=1S/C67H44N2O/c1-67(2)57-40-62-54(38-55(57)65-50-25-13-12-23-48(50)51(39-58(65)67)41-17-6-3-7-18-41)53-35-42(29-32-61(53)69(62)46-21-10-5-11-22-46)43-31-34-63-56(36-43)66-47(26-16-28-64(66)70-63)44-30-33-60-52(37-44)49-24-14-15-27-59(49)68(60)45-19-8-4-9-20-45/h3-40H,1-2H3. The van der Waals surface area contributed by atoms with Crippen LogP contribution in [0.1, 0.15) is 25.0 Å². The van der Waals surface area contributed by atoms with Gasteiger partial charge in [0.1, 0.15) is 11.2 Å². The minimum absolute atomic E-state index is 0.218. The van der Waals surface area contributed by atoms with Gasteiger partial charge in [0.05, 0.1) is 22.1 Å². The fraction of sp³-hybridized carbons (Fsp3) is 0.0448. The van der Waals surface area contributed by atoms with Gasteiger partial charge in [-0.15, -0.1) is 0 Å². The predicted molar refractivity (Wildman–Crippen MR) is 294 cm³/mol. The zero-order valence-electron chi connectivity index (χ0n) is 38.7. The number of hydrogen-bond acceptors (Lipinski definition) is 1. The van der Waals surface area contributed by atoms with Crippen molar-refractivity contribution >= 4 is 76.3 Å². The average molecular weight is 893 g/mol. The van der Waals surface area contributed by atoms with Crippen LogP contribution in [-0.2, 0) is 5.41 Å². The van der Waals surface area contributed by atoms with Gasteiger partial charge in [0, 0.05) is 49.1 Å². The van der Waals surface area contributed by atoms with E-state index in [2.05, 4.69) is 254 Å². The molecule has 14 aromatic rings. The average Bonchev–Trinajstić information content (AvgIpc) is 4.13. The number of fused-ring (bicyclic) bond motifs is 14. The number of benzene rings is 11. The molecule has 3 nitrogen and oxygen atoms in total. The van der Waals surface area contributed by atoms with Gasteiger partial charge in [0.25, 0.3) is 0 Å². The minimum atomic E-state index is -0.218. The predicted octanol–water partition coefficient (Wildman–Crippen LogP) is 18.2. The quantitative estimate of drug-likeness (QED) is 0.169. The summed E-state index contributed by atoms with van der Waals surface area (Å²) in [5.41, 5.74) is 21.3. The van der Waals surface area contributed by atoms with Crippen LogP contribution in [0.25, 0.3) is 132 Å². The van der Waals surface area contributed by atoms with Gasteiger partial charge in [-0.3, -0.25) is 0 Å². The van der Waals surface area contributed by atoms with Crippen molar-refractivity contribution in [2.45, 2.75) is 19.3 Å². The van der Waals surface area contributed by atoms with Crippen LogP contribution in [-0.4, -0.2) is 9.13 Å². The Balaban J connectivity index is 0.922. The van der Waals surface area contributed by atoms with E-state index in [1.54, 1.807) is 0 Å². The smallest absolute Gasteiger partial charge is 0.136 e. The molecule has 0 atom stereocenters. The van der Waals surface area contributed by atoms with E-state index < -0.39 is 0 Å². The summed E-state index contributed by atoms with van der Waals surface area (Å²) in [6.07, 6.45) is 0. The van der Waals surface area contributed by atoms with Gasteiger partial charge in [-0.2, -0.15) is 0 Å². The number of nitrogens with zero attached hydrogens (tertiary/aromatic N) is 2. The van der Waals surface area contributed by atoms with Gasteiger partial charge >= 0.3 is 0 Å². The van der Waals surface area contributed by atoms with Crippen molar-refractivity contribution in [1.82, 2.24) is 9.13 Å². The molecule has 0 fully saturated rings. The number of aromatic nitrogens is 2. The Labute approximate surface area is 404 Å². The molecule has 1 aliphatic rings. The van der Waals surface area contributed by atoms with Crippen LogP contribution in [0.4, 0.5) is 0 Å². The maximum Gasteiger partial charge on any atom is 0.136 e. The van der Waals surface area contributed by atoms with Crippen molar-refractivity contribution in [3.63, 3.8) is 0 Å². The lowest BCUT2D eigenvalue weighted by Gasteiger charge is -2.23. The van der Waals surface area contributed by atoms with E-state index in [9.17, 15) is 0 Å². The molecule has 0 bridgehead atoms. The lowest BCUT2D eigenvalue weighted by molar-refractivity contribution is 0.661. The summed E-state index contributed by atoms with van der Waals surface area (Å²) in [5, 5.41) is 9.78. The summed E-state index contributed by atoms with van der Waals surface area (Å²) < 4.78 is 11.5. The lowest BCUT2D eigenvalue weighted by atomic mass is 9.80. The highest BCUT2D eigenvalue weighted by atomic mass is 16.3. The Bertz CT molecular complexity index is 4470. The second-order valence-corrected chi connectivity index (χ2v) is 19.6. The SMILES string of the molecule is CC1(C)c2cc3c(cc2-c2c1cc(-c1ccccc1)c1ccccc21)c1cc(-c2ccc4oc5cccc(-c6ccc7c(c6)c6ccccc6n7-c6ccccc6)c5c4c2)ccc1n3-c1ccccc1. The maximum absolute atomic E-state index is 6.65. The van der Waals surface area contributed by atoms with E-state index >= 15 is 0 Å². The Morgan fingerprint density at radius 1 is 0.314 bits per heavy atom. The molecular formula is C67H44N2O. The largest absolute Gasteiger partial charge is 0.456 e. The molecule has 0 amide bonds. The van der Waals surface area contributed by atoms with Gasteiger partial charge < -0.3 is 13.6 Å². The van der Waals surface area contributed by atoms with Gasteiger partial charge in [0.15, 0.2) is 0 Å². The zero-order valence-corrected chi connectivity index (χ0v) is 38.7. The van der Waals surface area contributed by atoms with Crippen LogP contribution in [0.15, 0.2) is 235 Å². The first-order valence-corrected chi connectivity index (χ1v) is 24.3. The fourth-order valence-electron chi connectivity index (χ4n) is 12.2. The third-order valence-electron chi connectivity index (χ3n) is 15.5. The Kier molecular flexibility index (Phi) is 8.13. The zero-order chi connectivity index (χ0) is 46.2. The van der Waals surface area contributed by atoms with Crippen LogP contribution >= 0.6 is 0 Å². The van der Waals surface area contributed by atoms with Crippen LogP contribution < -0.4 is 0 Å². The minimum Gasteiger partial charge on any atom is -0.456 e. The highest BCUT2D eigenvalue weighted by molar-refractivity contribution is 6.18. The van der Waals surface area contributed by atoms with Crippen molar-refractivity contribution in [3.8, 4) is 55.9 Å². The molecule has 3 aromatic heterocycles. The van der Waals surface area contributed by atoms with E-state index in [0.29, 0.717) is 0 Å². The molecule has 3 heteroatoms. The molecule has 0 saturated heterocycles. The molecule has 0 saturated carbocycles. The fourth-order valence-corrected chi connectivity index (χ4v) is 12.2. The normalized spacial score (nSPS) is 13.1. The molecule has 3 heterocycles. The maximum atomic E-state index is 6.65. The third kappa shape index (κ3) is 5.52. The molecule has 1 aliphatic carbocycles. The van der Waals surface area contributed by atoms with E-state index in [0.717, 1.165) is 44.4 Å². The van der Waals surface area contributed by atoms with E-state index in [-0.39, 0.29) is 5.41 Å². The van der Waals surface area contributed by atoms with Crippen molar-refractivity contribution in [3.05, 3.63) is 242 Å². The van der Waals surface area contributed by atoms with Crippen LogP contribution in [0.2, 0.25) is 0 Å².